The zero-order valence-corrected chi connectivity index (χ0v) is 60.1. The van der Waals surface area contributed by atoms with Crippen LogP contribution in [0.2, 0.25) is 0 Å². The number of ether oxygens (including phenoxy) is 4. The Morgan fingerprint density at radius 3 is 0.756 bits per heavy atom. The summed E-state index contributed by atoms with van der Waals surface area (Å²) in [5.41, 5.74) is 0. The van der Waals surface area contributed by atoms with Crippen LogP contribution in [0.4, 0.5) is 0 Å². The lowest BCUT2D eigenvalue weighted by Crippen LogP contribution is -2.30. The van der Waals surface area contributed by atoms with Crippen LogP contribution in [0.15, 0.2) is 0 Å². The predicted molar refractivity (Wildman–Crippen MR) is 363 cm³/mol. The van der Waals surface area contributed by atoms with Crippen LogP contribution >= 0.6 is 15.6 Å². The molecule has 0 aliphatic heterocycles. The second-order valence-corrected chi connectivity index (χ2v) is 29.0. The van der Waals surface area contributed by atoms with Crippen LogP contribution in [0.1, 0.15) is 369 Å². The summed E-state index contributed by atoms with van der Waals surface area (Å²) < 4.78 is 68.2. The van der Waals surface area contributed by atoms with Crippen molar-refractivity contribution in [3.8, 4) is 0 Å². The summed E-state index contributed by atoms with van der Waals surface area (Å²) in [6.07, 6.45) is 51.4. The Kier molecular flexibility index (Phi) is 63.0. The molecule has 0 aromatic heterocycles. The van der Waals surface area contributed by atoms with Crippen LogP contribution < -0.4 is 0 Å². The molecule has 0 radical (unpaired) electrons. The van der Waals surface area contributed by atoms with Gasteiger partial charge in [-0.2, -0.15) is 0 Å². The van der Waals surface area contributed by atoms with E-state index in [1.807, 2.05) is 0 Å². The van der Waals surface area contributed by atoms with Crippen molar-refractivity contribution in [3.63, 3.8) is 0 Å². The Bertz CT molecular complexity index is 1740. The summed E-state index contributed by atoms with van der Waals surface area (Å²) in [6, 6.07) is 0. The molecule has 0 aromatic carbocycles. The predicted octanol–water partition coefficient (Wildman–Crippen LogP) is 20.5. The van der Waals surface area contributed by atoms with Crippen molar-refractivity contribution in [2.24, 2.45) is 5.92 Å². The van der Waals surface area contributed by atoms with E-state index in [0.29, 0.717) is 25.7 Å². The maximum Gasteiger partial charge on any atom is 0.472 e. The molecule has 0 rings (SSSR count). The lowest BCUT2D eigenvalue weighted by molar-refractivity contribution is -0.161. The quantitative estimate of drug-likeness (QED) is 0.0222. The number of carbonyl (C=O) groups excluding carboxylic acids is 4. The summed E-state index contributed by atoms with van der Waals surface area (Å²) in [5, 5.41) is 10.6. The number of carbonyl (C=O) groups is 4. The van der Waals surface area contributed by atoms with Crippen molar-refractivity contribution in [3.05, 3.63) is 0 Å². The SMILES string of the molecule is CCCCCCCCCCCCCCCCCC(=O)OC[C@H](COP(=O)(O)OC[C@@H](O)COP(=O)(O)OC[C@@H](COC(=O)CCCCCCCCCC)OC(=O)CCCCCCCCCCC)OC(=O)CCCCCCCCCCCCCCCCCC(C)C. The Hall–Kier alpha value is -1.94. The van der Waals surface area contributed by atoms with Crippen molar-refractivity contribution in [1.82, 2.24) is 0 Å². The molecule has 90 heavy (non-hydrogen) atoms. The molecule has 5 atom stereocenters. The number of phosphoric ester groups is 2. The van der Waals surface area contributed by atoms with Crippen LogP contribution in [0.5, 0.6) is 0 Å². The molecule has 0 aliphatic carbocycles. The molecule has 0 saturated heterocycles. The van der Waals surface area contributed by atoms with E-state index in [2.05, 4.69) is 34.6 Å². The van der Waals surface area contributed by atoms with Crippen molar-refractivity contribution in [2.45, 2.75) is 387 Å². The Morgan fingerprint density at radius 1 is 0.300 bits per heavy atom. The van der Waals surface area contributed by atoms with Gasteiger partial charge in [-0.25, -0.2) is 9.13 Å². The second kappa shape index (κ2) is 64.4. The highest BCUT2D eigenvalue weighted by Gasteiger charge is 2.30. The number of esters is 4. The van der Waals surface area contributed by atoms with Gasteiger partial charge in [0, 0.05) is 25.7 Å². The van der Waals surface area contributed by atoms with Crippen LogP contribution in [0.3, 0.4) is 0 Å². The van der Waals surface area contributed by atoms with Crippen molar-refractivity contribution < 1.29 is 80.2 Å². The van der Waals surface area contributed by atoms with Gasteiger partial charge in [0.05, 0.1) is 26.4 Å². The Labute approximate surface area is 549 Å². The van der Waals surface area contributed by atoms with Crippen LogP contribution in [-0.2, 0) is 65.4 Å². The fourth-order valence-electron chi connectivity index (χ4n) is 10.8. The standard InChI is InChI=1S/C71H138O17P2/c1-6-9-12-15-18-21-22-23-25-29-32-36-40-45-50-55-69(74)82-61-67(88-71(76)57-52-47-42-37-33-30-27-24-26-28-31-35-38-43-48-53-64(4)5)63-86-90(79,80)84-59-65(72)58-83-89(77,78)85-62-66(60-81-68(73)54-49-44-39-20-17-14-11-8-3)87-70(75)56-51-46-41-34-19-16-13-10-7-2/h64-67,72H,6-63H2,1-5H3,(H,77,78)(H,79,80)/t65-,66+,67+/m0/s1. The highest BCUT2D eigenvalue weighted by atomic mass is 31.2. The van der Waals surface area contributed by atoms with E-state index >= 15 is 0 Å². The maximum absolute atomic E-state index is 13.0. The Morgan fingerprint density at radius 2 is 0.511 bits per heavy atom. The van der Waals surface area contributed by atoms with Gasteiger partial charge in [0.25, 0.3) is 0 Å². The summed E-state index contributed by atoms with van der Waals surface area (Å²) in [4.78, 5) is 72.4. The van der Waals surface area contributed by atoms with Crippen molar-refractivity contribution >= 4 is 39.5 Å². The van der Waals surface area contributed by atoms with Gasteiger partial charge in [-0.3, -0.25) is 37.3 Å². The minimum atomic E-state index is -4.95. The van der Waals surface area contributed by atoms with E-state index in [1.54, 1.807) is 0 Å². The minimum Gasteiger partial charge on any atom is -0.462 e. The number of aliphatic hydroxyl groups is 1. The summed E-state index contributed by atoms with van der Waals surface area (Å²) >= 11 is 0. The fourth-order valence-corrected chi connectivity index (χ4v) is 12.4. The number of hydrogen-bond acceptors (Lipinski definition) is 15. The molecule has 0 amide bonds. The first kappa shape index (κ1) is 88.1. The first-order valence-corrected chi connectivity index (χ1v) is 40.1. The molecule has 3 N–H and O–H groups in total. The van der Waals surface area contributed by atoms with E-state index in [4.69, 9.17) is 37.0 Å². The molecule has 2 unspecified atom stereocenters. The van der Waals surface area contributed by atoms with Gasteiger partial charge in [-0.05, 0) is 31.6 Å². The third-order valence-electron chi connectivity index (χ3n) is 16.5. The first-order chi connectivity index (χ1) is 43.5. The third kappa shape index (κ3) is 64.8. The molecule has 19 heteroatoms. The fraction of sp³-hybridized carbons (Fsp3) is 0.944. The highest BCUT2D eigenvalue weighted by Crippen LogP contribution is 2.45. The highest BCUT2D eigenvalue weighted by molar-refractivity contribution is 7.47. The minimum absolute atomic E-state index is 0.106. The van der Waals surface area contributed by atoms with E-state index < -0.39 is 97.5 Å². The topological polar surface area (TPSA) is 237 Å². The number of phosphoric acid groups is 2. The smallest absolute Gasteiger partial charge is 0.462 e. The van der Waals surface area contributed by atoms with Gasteiger partial charge in [-0.1, -0.05) is 317 Å². The zero-order chi connectivity index (χ0) is 66.3. The van der Waals surface area contributed by atoms with E-state index in [-0.39, 0.29) is 25.7 Å². The molecular formula is C71H138O17P2. The molecule has 534 valence electrons. The molecule has 0 fully saturated rings. The number of unbranched alkanes of at least 4 members (excludes halogenated alkanes) is 43. The van der Waals surface area contributed by atoms with Crippen molar-refractivity contribution in [1.29, 1.82) is 0 Å². The summed E-state index contributed by atoms with van der Waals surface area (Å²) in [7, 11) is -9.89. The normalized spacial score (nSPS) is 14.1. The summed E-state index contributed by atoms with van der Waals surface area (Å²) in [6.45, 7) is 7.24. The van der Waals surface area contributed by atoms with Gasteiger partial charge in [0.1, 0.15) is 19.3 Å². The zero-order valence-electron chi connectivity index (χ0n) is 58.3. The second-order valence-electron chi connectivity index (χ2n) is 26.1. The van der Waals surface area contributed by atoms with Gasteiger partial charge >= 0.3 is 39.5 Å². The van der Waals surface area contributed by atoms with E-state index in [1.165, 1.54) is 186 Å². The molecule has 0 aliphatic rings. The van der Waals surface area contributed by atoms with Gasteiger partial charge in [0.15, 0.2) is 12.2 Å². The van der Waals surface area contributed by atoms with Crippen molar-refractivity contribution in [2.75, 3.05) is 39.6 Å². The van der Waals surface area contributed by atoms with Crippen LogP contribution in [-0.4, -0.2) is 96.7 Å². The van der Waals surface area contributed by atoms with Gasteiger partial charge < -0.3 is 33.8 Å². The molecule has 0 spiro atoms. The molecule has 17 nitrogen and oxygen atoms in total. The molecule has 0 aromatic rings. The average Bonchev–Trinajstić information content (AvgIpc) is 3.64. The van der Waals surface area contributed by atoms with Crippen LogP contribution in [0, 0.1) is 5.92 Å². The number of hydrogen-bond donors (Lipinski definition) is 3. The van der Waals surface area contributed by atoms with Crippen LogP contribution in [0.25, 0.3) is 0 Å². The number of rotatable bonds is 71. The third-order valence-corrected chi connectivity index (χ3v) is 18.4. The average molecular weight is 1330 g/mol. The summed E-state index contributed by atoms with van der Waals surface area (Å²) in [5.74, 6) is -1.32. The van der Waals surface area contributed by atoms with Gasteiger partial charge in [0.2, 0.25) is 0 Å². The Balaban J connectivity index is 5.19. The van der Waals surface area contributed by atoms with E-state index in [0.717, 1.165) is 102 Å². The van der Waals surface area contributed by atoms with E-state index in [9.17, 15) is 43.2 Å². The monoisotopic (exact) mass is 1320 g/mol. The largest absolute Gasteiger partial charge is 0.472 e. The molecular weight excluding hydrogens is 1190 g/mol. The lowest BCUT2D eigenvalue weighted by Gasteiger charge is -2.21. The lowest BCUT2D eigenvalue weighted by atomic mass is 10.0. The van der Waals surface area contributed by atoms with Gasteiger partial charge in [-0.15, -0.1) is 0 Å². The maximum atomic E-state index is 13.0. The number of aliphatic hydroxyl groups excluding tert-OH is 1. The molecule has 0 saturated carbocycles. The molecule has 0 bridgehead atoms. The first-order valence-electron chi connectivity index (χ1n) is 37.1. The molecule has 0 heterocycles.